The molecule has 1 amide bonds. The summed E-state index contributed by atoms with van der Waals surface area (Å²) in [5.41, 5.74) is 1.14. The molecule has 0 radical (unpaired) electrons. The summed E-state index contributed by atoms with van der Waals surface area (Å²) in [7, 11) is -3.43. The van der Waals surface area contributed by atoms with Crippen molar-refractivity contribution in [2.24, 2.45) is 0 Å². The van der Waals surface area contributed by atoms with Gasteiger partial charge in [0.25, 0.3) is 10.0 Å². The number of aryl methyl sites for hydroxylation is 1. The number of sulfonamides is 1. The molecule has 1 N–H and O–H groups in total. The van der Waals surface area contributed by atoms with E-state index in [0.29, 0.717) is 28.4 Å². The van der Waals surface area contributed by atoms with E-state index in [4.69, 9.17) is 4.42 Å². The number of para-hydroxylation sites is 2. The van der Waals surface area contributed by atoms with Crippen LogP contribution in [0.25, 0.3) is 11.1 Å². The number of aromatic nitrogens is 1. The Hall–Kier alpha value is -2.43. The first-order valence-electron chi connectivity index (χ1n) is 9.39. The molecule has 8 nitrogen and oxygen atoms in total. The van der Waals surface area contributed by atoms with Crippen molar-refractivity contribution in [3.63, 3.8) is 0 Å². The molecule has 1 saturated heterocycles. The van der Waals surface area contributed by atoms with Crippen molar-refractivity contribution in [2.45, 2.75) is 36.6 Å². The van der Waals surface area contributed by atoms with Crippen molar-refractivity contribution in [1.29, 1.82) is 0 Å². The molecule has 1 aliphatic rings. The zero-order valence-electron chi connectivity index (χ0n) is 15.7. The third-order valence-electron chi connectivity index (χ3n) is 4.89. The quantitative estimate of drug-likeness (QED) is 0.613. The molecule has 1 aromatic carbocycles. The number of oxazole rings is 1. The second kappa shape index (κ2) is 8.13. The highest BCUT2D eigenvalue weighted by molar-refractivity contribution is 7.91. The average Bonchev–Trinajstić information content (AvgIpc) is 3.44. The number of hydrogen-bond acceptors (Lipinski definition) is 6. The van der Waals surface area contributed by atoms with E-state index in [1.54, 1.807) is 36.4 Å². The lowest BCUT2D eigenvalue weighted by Crippen LogP contribution is -2.27. The standard InChI is InChI=1S/C19H21N3O5S2/c23-17(9-12-22-15-5-1-2-6-16(15)27-19(22)24)20-13-14-7-8-18(28-14)29(25,26)21-10-3-4-11-21/h1-2,5-8H,3-4,9-13H2,(H,20,23). The molecule has 29 heavy (non-hydrogen) atoms. The van der Waals surface area contributed by atoms with Gasteiger partial charge < -0.3 is 9.73 Å². The minimum atomic E-state index is -3.43. The van der Waals surface area contributed by atoms with Crippen molar-refractivity contribution < 1.29 is 17.6 Å². The van der Waals surface area contributed by atoms with Gasteiger partial charge in [-0.1, -0.05) is 12.1 Å². The van der Waals surface area contributed by atoms with Crippen molar-refractivity contribution in [3.05, 3.63) is 51.8 Å². The van der Waals surface area contributed by atoms with Crippen LogP contribution in [0.5, 0.6) is 0 Å². The lowest BCUT2D eigenvalue weighted by atomic mass is 10.3. The molecule has 0 saturated carbocycles. The number of thiophene rings is 1. The number of hydrogen-bond donors (Lipinski definition) is 1. The Bertz CT molecular complexity index is 1190. The zero-order valence-corrected chi connectivity index (χ0v) is 17.3. The highest BCUT2D eigenvalue weighted by Gasteiger charge is 2.28. The van der Waals surface area contributed by atoms with E-state index >= 15 is 0 Å². The molecular formula is C19H21N3O5S2. The van der Waals surface area contributed by atoms with Gasteiger partial charge in [0.05, 0.1) is 12.1 Å². The molecule has 0 aliphatic carbocycles. The van der Waals surface area contributed by atoms with E-state index in [0.717, 1.165) is 17.7 Å². The number of amides is 1. The average molecular weight is 436 g/mol. The molecule has 0 bridgehead atoms. The third-order valence-corrected chi connectivity index (χ3v) is 8.34. The lowest BCUT2D eigenvalue weighted by Gasteiger charge is -2.13. The fraction of sp³-hybridized carbons (Fsp3) is 0.368. The monoisotopic (exact) mass is 435 g/mol. The summed E-state index contributed by atoms with van der Waals surface area (Å²) in [6.07, 6.45) is 1.90. The number of nitrogens with one attached hydrogen (secondary N) is 1. The topological polar surface area (TPSA) is 102 Å². The summed E-state index contributed by atoms with van der Waals surface area (Å²) >= 11 is 1.17. The van der Waals surface area contributed by atoms with Crippen molar-refractivity contribution in [3.8, 4) is 0 Å². The molecule has 2 aromatic heterocycles. The van der Waals surface area contributed by atoms with Crippen LogP contribution in [0.4, 0.5) is 0 Å². The first-order chi connectivity index (χ1) is 13.9. The van der Waals surface area contributed by atoms with Gasteiger partial charge >= 0.3 is 5.76 Å². The van der Waals surface area contributed by atoms with Gasteiger partial charge in [0.1, 0.15) is 4.21 Å². The number of carbonyl (C=O) groups is 1. The normalized spacial score (nSPS) is 15.2. The van der Waals surface area contributed by atoms with Gasteiger partial charge in [-0.3, -0.25) is 9.36 Å². The molecular weight excluding hydrogens is 414 g/mol. The fourth-order valence-corrected chi connectivity index (χ4v) is 6.33. The summed E-state index contributed by atoms with van der Waals surface area (Å²) in [6, 6.07) is 10.4. The lowest BCUT2D eigenvalue weighted by molar-refractivity contribution is -0.121. The Morgan fingerprint density at radius 3 is 2.69 bits per heavy atom. The summed E-state index contributed by atoms with van der Waals surface area (Å²) in [6.45, 7) is 1.59. The molecule has 3 aromatic rings. The van der Waals surface area contributed by atoms with Crippen LogP contribution in [-0.2, 0) is 27.9 Å². The fourth-order valence-electron chi connectivity index (χ4n) is 3.36. The van der Waals surface area contributed by atoms with Gasteiger partial charge in [-0.25, -0.2) is 13.2 Å². The van der Waals surface area contributed by atoms with E-state index in [9.17, 15) is 18.0 Å². The molecule has 10 heteroatoms. The number of nitrogens with zero attached hydrogens (tertiary/aromatic N) is 2. The Morgan fingerprint density at radius 1 is 1.14 bits per heavy atom. The van der Waals surface area contributed by atoms with Crippen LogP contribution in [0.3, 0.4) is 0 Å². The largest absolute Gasteiger partial charge is 0.419 e. The summed E-state index contributed by atoms with van der Waals surface area (Å²) < 4.78 is 33.5. The smallest absolute Gasteiger partial charge is 0.408 e. The van der Waals surface area contributed by atoms with E-state index in [-0.39, 0.29) is 25.4 Å². The summed E-state index contributed by atoms with van der Waals surface area (Å²) in [5.74, 6) is -0.714. The first-order valence-corrected chi connectivity index (χ1v) is 11.6. The first kappa shape index (κ1) is 19.9. The summed E-state index contributed by atoms with van der Waals surface area (Å²) in [4.78, 5) is 24.9. The van der Waals surface area contributed by atoms with E-state index in [2.05, 4.69) is 5.32 Å². The zero-order chi connectivity index (χ0) is 20.4. The van der Waals surface area contributed by atoms with Gasteiger partial charge in [0.2, 0.25) is 5.91 Å². The Balaban J connectivity index is 1.34. The molecule has 0 atom stereocenters. The molecule has 0 unspecified atom stereocenters. The van der Waals surface area contributed by atoms with Gasteiger partial charge in [-0.05, 0) is 37.1 Å². The minimum Gasteiger partial charge on any atom is -0.408 e. The molecule has 4 rings (SSSR count). The molecule has 1 aliphatic heterocycles. The van der Waals surface area contributed by atoms with Gasteiger partial charge in [-0.15, -0.1) is 11.3 Å². The van der Waals surface area contributed by atoms with Gasteiger partial charge in [0.15, 0.2) is 5.58 Å². The minimum absolute atomic E-state index is 0.119. The van der Waals surface area contributed by atoms with Crippen LogP contribution in [0.2, 0.25) is 0 Å². The maximum Gasteiger partial charge on any atom is 0.419 e. The predicted octanol–water partition coefficient (Wildman–Crippen LogP) is 2.15. The SMILES string of the molecule is O=C(CCn1c(=O)oc2ccccc21)NCc1ccc(S(=O)(=O)N2CCCC2)s1. The van der Waals surface area contributed by atoms with Crippen molar-refractivity contribution >= 4 is 38.4 Å². The summed E-state index contributed by atoms with van der Waals surface area (Å²) in [5, 5.41) is 2.78. The second-order valence-electron chi connectivity index (χ2n) is 6.85. The van der Waals surface area contributed by atoms with E-state index < -0.39 is 15.8 Å². The van der Waals surface area contributed by atoms with Crippen LogP contribution in [0.1, 0.15) is 24.1 Å². The molecule has 3 heterocycles. The van der Waals surface area contributed by atoms with Crippen LogP contribution in [-0.4, -0.2) is 36.3 Å². The molecule has 0 spiro atoms. The van der Waals surface area contributed by atoms with Crippen molar-refractivity contribution in [1.82, 2.24) is 14.2 Å². The highest BCUT2D eigenvalue weighted by atomic mass is 32.2. The van der Waals surface area contributed by atoms with E-state index in [1.165, 1.54) is 20.2 Å². The van der Waals surface area contributed by atoms with Crippen LogP contribution in [0.15, 0.2) is 49.8 Å². The van der Waals surface area contributed by atoms with Crippen LogP contribution < -0.4 is 11.1 Å². The number of benzene rings is 1. The van der Waals surface area contributed by atoms with E-state index in [1.807, 2.05) is 0 Å². The number of fused-ring (bicyclic) bond motifs is 1. The van der Waals surface area contributed by atoms with Gasteiger partial charge in [-0.2, -0.15) is 4.31 Å². The maximum atomic E-state index is 12.6. The highest BCUT2D eigenvalue weighted by Crippen LogP contribution is 2.27. The second-order valence-corrected chi connectivity index (χ2v) is 10.2. The van der Waals surface area contributed by atoms with Crippen LogP contribution >= 0.6 is 11.3 Å². The van der Waals surface area contributed by atoms with Crippen molar-refractivity contribution in [2.75, 3.05) is 13.1 Å². The molecule has 154 valence electrons. The van der Waals surface area contributed by atoms with Gasteiger partial charge in [0, 0.05) is 30.9 Å². The molecule has 1 fully saturated rings. The number of rotatable bonds is 7. The Labute approximate surface area is 171 Å². The Kier molecular flexibility index (Phi) is 5.57. The predicted molar refractivity (Wildman–Crippen MR) is 109 cm³/mol. The number of carbonyl (C=O) groups excluding carboxylic acids is 1. The Morgan fingerprint density at radius 2 is 1.90 bits per heavy atom. The third kappa shape index (κ3) is 4.14. The maximum absolute atomic E-state index is 12.6. The van der Waals surface area contributed by atoms with Crippen LogP contribution in [0, 0.1) is 0 Å².